The van der Waals surface area contributed by atoms with Gasteiger partial charge in [0.25, 0.3) is 5.91 Å². The number of carbonyl (C=O) groups is 1. The molecule has 0 spiro atoms. The fourth-order valence-electron chi connectivity index (χ4n) is 0.918. The molecule has 1 N–H and O–H groups in total. The van der Waals surface area contributed by atoms with E-state index in [1.807, 2.05) is 0 Å². The normalized spacial score (nSPS) is 9.50. The maximum absolute atomic E-state index is 11.5. The molecule has 0 aliphatic carbocycles. The number of hydrogen-bond acceptors (Lipinski definition) is 2. The van der Waals surface area contributed by atoms with Crippen molar-refractivity contribution in [2.24, 2.45) is 7.05 Å². The zero-order chi connectivity index (χ0) is 10.6. The van der Waals surface area contributed by atoms with Crippen LogP contribution < -0.4 is 5.32 Å². The molecule has 1 rings (SSSR count). The highest BCUT2D eigenvalue weighted by Crippen LogP contribution is 2.14. The van der Waals surface area contributed by atoms with Crippen molar-refractivity contribution < 1.29 is 4.79 Å². The van der Waals surface area contributed by atoms with Crippen molar-refractivity contribution in [3.63, 3.8) is 0 Å². The summed E-state index contributed by atoms with van der Waals surface area (Å²) in [5.74, 6) is 2.28. The number of nitrogens with one attached hydrogen (secondary N) is 1. The number of rotatable bonds is 3. The van der Waals surface area contributed by atoms with Crippen LogP contribution >= 0.6 is 15.9 Å². The molecule has 0 aliphatic heterocycles. The average Bonchev–Trinajstić information content (AvgIpc) is 2.48. The van der Waals surface area contributed by atoms with Crippen molar-refractivity contribution in [3.8, 4) is 12.3 Å². The minimum Gasteiger partial charge on any atom is -0.351 e. The summed E-state index contributed by atoms with van der Waals surface area (Å²) >= 11 is 3.26. The number of nitrogens with zero attached hydrogens (tertiary/aromatic N) is 2. The lowest BCUT2D eigenvalue weighted by molar-refractivity contribution is 0.0953. The van der Waals surface area contributed by atoms with E-state index in [-0.39, 0.29) is 5.91 Å². The number of halogens is 1. The third-order valence-corrected chi connectivity index (χ3v) is 2.61. The van der Waals surface area contributed by atoms with Crippen LogP contribution in [0.15, 0.2) is 10.8 Å². The van der Waals surface area contributed by atoms with E-state index >= 15 is 0 Å². The summed E-state index contributed by atoms with van der Waals surface area (Å²) in [6.07, 6.45) is 7.10. The molecule has 1 aromatic heterocycles. The largest absolute Gasteiger partial charge is 0.351 e. The van der Waals surface area contributed by atoms with Crippen LogP contribution in [-0.2, 0) is 7.05 Å². The first kappa shape index (κ1) is 10.8. The number of carbonyl (C=O) groups excluding carboxylic acids is 1. The van der Waals surface area contributed by atoms with Gasteiger partial charge in [-0.1, -0.05) is 0 Å². The van der Waals surface area contributed by atoms with Crippen molar-refractivity contribution in [1.82, 2.24) is 15.1 Å². The fraction of sp³-hybridized carbons (Fsp3) is 0.333. The first-order valence-electron chi connectivity index (χ1n) is 4.06. The number of terminal acetylenes is 1. The van der Waals surface area contributed by atoms with Crippen LogP contribution in [0.1, 0.15) is 16.8 Å². The molecule has 14 heavy (non-hydrogen) atoms. The second-order valence-corrected chi connectivity index (χ2v) is 3.43. The van der Waals surface area contributed by atoms with E-state index in [0.717, 1.165) is 0 Å². The smallest absolute Gasteiger partial charge is 0.255 e. The third-order valence-electron chi connectivity index (χ3n) is 1.67. The molecule has 0 aromatic carbocycles. The van der Waals surface area contributed by atoms with Crippen LogP contribution in [-0.4, -0.2) is 22.2 Å². The Kier molecular flexibility index (Phi) is 3.72. The quantitative estimate of drug-likeness (QED) is 0.646. The zero-order valence-electron chi connectivity index (χ0n) is 7.75. The van der Waals surface area contributed by atoms with Gasteiger partial charge in [0.2, 0.25) is 0 Å². The molecule has 0 unspecified atom stereocenters. The van der Waals surface area contributed by atoms with Gasteiger partial charge in [0.05, 0.1) is 11.8 Å². The summed E-state index contributed by atoms with van der Waals surface area (Å²) in [6.45, 7) is 0.483. The van der Waals surface area contributed by atoms with Crippen LogP contribution in [0.25, 0.3) is 0 Å². The van der Waals surface area contributed by atoms with E-state index in [1.165, 1.54) is 6.20 Å². The SMILES string of the molecule is C#CCCNC(=O)c1cnn(C)c1Br. The first-order chi connectivity index (χ1) is 6.66. The molecule has 0 saturated heterocycles. The van der Waals surface area contributed by atoms with Crippen molar-refractivity contribution >= 4 is 21.8 Å². The minimum absolute atomic E-state index is 0.166. The highest BCUT2D eigenvalue weighted by atomic mass is 79.9. The number of amides is 1. The molecule has 0 aliphatic rings. The van der Waals surface area contributed by atoms with Gasteiger partial charge in [-0.15, -0.1) is 12.3 Å². The van der Waals surface area contributed by atoms with Gasteiger partial charge in [-0.3, -0.25) is 9.48 Å². The monoisotopic (exact) mass is 255 g/mol. The topological polar surface area (TPSA) is 46.9 Å². The van der Waals surface area contributed by atoms with E-state index in [0.29, 0.717) is 23.1 Å². The lowest BCUT2D eigenvalue weighted by Crippen LogP contribution is -2.24. The Morgan fingerprint density at radius 3 is 3.07 bits per heavy atom. The molecule has 74 valence electrons. The lowest BCUT2D eigenvalue weighted by Gasteiger charge is -2.00. The molecule has 0 saturated carbocycles. The van der Waals surface area contributed by atoms with Gasteiger partial charge in [0, 0.05) is 20.0 Å². The third kappa shape index (κ3) is 2.36. The Hall–Kier alpha value is -1.28. The van der Waals surface area contributed by atoms with E-state index in [2.05, 4.69) is 32.3 Å². The Labute approximate surface area is 90.8 Å². The van der Waals surface area contributed by atoms with Gasteiger partial charge in [0.1, 0.15) is 4.60 Å². The van der Waals surface area contributed by atoms with Crippen LogP contribution in [0.4, 0.5) is 0 Å². The van der Waals surface area contributed by atoms with Gasteiger partial charge in [0.15, 0.2) is 0 Å². The maximum Gasteiger partial charge on any atom is 0.255 e. The van der Waals surface area contributed by atoms with Crippen LogP contribution in [0.2, 0.25) is 0 Å². The fourth-order valence-corrected chi connectivity index (χ4v) is 1.29. The molecule has 1 aromatic rings. The summed E-state index contributed by atoms with van der Waals surface area (Å²) in [7, 11) is 1.75. The number of aromatic nitrogens is 2. The zero-order valence-corrected chi connectivity index (χ0v) is 9.34. The summed E-state index contributed by atoms with van der Waals surface area (Å²) < 4.78 is 2.24. The Morgan fingerprint density at radius 2 is 2.57 bits per heavy atom. The standard InChI is InChI=1S/C9H10BrN3O/c1-3-4-5-11-9(14)7-6-12-13(2)8(7)10/h1,6H,4-5H2,2H3,(H,11,14). The van der Waals surface area contributed by atoms with E-state index in [4.69, 9.17) is 6.42 Å². The summed E-state index contributed by atoms with van der Waals surface area (Å²) in [5.41, 5.74) is 0.518. The minimum atomic E-state index is -0.166. The molecule has 1 amide bonds. The van der Waals surface area contributed by atoms with Gasteiger partial charge >= 0.3 is 0 Å². The molecule has 0 fully saturated rings. The van der Waals surface area contributed by atoms with Crippen LogP contribution in [0, 0.1) is 12.3 Å². The highest BCUT2D eigenvalue weighted by Gasteiger charge is 2.12. The first-order valence-corrected chi connectivity index (χ1v) is 4.85. The van der Waals surface area contributed by atoms with E-state index in [1.54, 1.807) is 11.7 Å². The van der Waals surface area contributed by atoms with Crippen LogP contribution in [0.3, 0.4) is 0 Å². The molecule has 0 bridgehead atoms. The molecular weight excluding hydrogens is 246 g/mol. The summed E-state index contributed by atoms with van der Waals surface area (Å²) in [5, 5.41) is 6.62. The molecule has 0 radical (unpaired) electrons. The van der Waals surface area contributed by atoms with E-state index < -0.39 is 0 Å². The lowest BCUT2D eigenvalue weighted by atomic mass is 10.3. The second-order valence-electron chi connectivity index (χ2n) is 2.68. The van der Waals surface area contributed by atoms with Crippen molar-refractivity contribution in [2.45, 2.75) is 6.42 Å². The Bertz CT molecular complexity index is 378. The van der Waals surface area contributed by atoms with E-state index in [9.17, 15) is 4.79 Å². The maximum atomic E-state index is 11.5. The van der Waals surface area contributed by atoms with Gasteiger partial charge in [-0.25, -0.2) is 0 Å². The summed E-state index contributed by atoms with van der Waals surface area (Å²) in [4.78, 5) is 11.5. The van der Waals surface area contributed by atoms with Crippen molar-refractivity contribution in [1.29, 1.82) is 0 Å². The predicted molar refractivity (Wildman–Crippen MR) is 56.7 cm³/mol. The van der Waals surface area contributed by atoms with Crippen molar-refractivity contribution in [3.05, 3.63) is 16.4 Å². The average molecular weight is 256 g/mol. The number of aryl methyl sites for hydroxylation is 1. The van der Waals surface area contributed by atoms with Crippen LogP contribution in [0.5, 0.6) is 0 Å². The van der Waals surface area contributed by atoms with Gasteiger partial charge < -0.3 is 5.32 Å². The van der Waals surface area contributed by atoms with Crippen molar-refractivity contribution in [2.75, 3.05) is 6.54 Å². The van der Waals surface area contributed by atoms with Gasteiger partial charge in [-0.05, 0) is 15.9 Å². The molecule has 5 heteroatoms. The molecule has 0 atom stereocenters. The Balaban J connectivity index is 2.62. The predicted octanol–water partition coefficient (Wildman–Crippen LogP) is 0.936. The number of hydrogen-bond donors (Lipinski definition) is 1. The molecule has 1 heterocycles. The highest BCUT2D eigenvalue weighted by molar-refractivity contribution is 9.10. The molecule has 4 nitrogen and oxygen atoms in total. The second kappa shape index (κ2) is 4.82. The Morgan fingerprint density at radius 1 is 1.86 bits per heavy atom. The van der Waals surface area contributed by atoms with Gasteiger partial charge in [-0.2, -0.15) is 5.10 Å². The summed E-state index contributed by atoms with van der Waals surface area (Å²) in [6, 6.07) is 0. The molecular formula is C9H10BrN3O.